The predicted octanol–water partition coefficient (Wildman–Crippen LogP) is 1.47. The van der Waals surface area contributed by atoms with E-state index in [1.54, 1.807) is 19.1 Å². The molecule has 1 heterocycles. The number of carbonyl (C=O) groups excluding carboxylic acids is 1. The topological polar surface area (TPSA) is 61.2 Å². The number of rotatable bonds is 2. The zero-order chi connectivity index (χ0) is 14.0. The first-order valence-electron chi connectivity index (χ1n) is 5.48. The van der Waals surface area contributed by atoms with Crippen LogP contribution in [0.15, 0.2) is 35.3 Å². The van der Waals surface area contributed by atoms with E-state index >= 15 is 0 Å². The lowest BCUT2D eigenvalue weighted by atomic mass is 10.2. The number of aryl methyl sites for hydroxylation is 1. The second-order valence-electron chi connectivity index (χ2n) is 3.87. The highest BCUT2D eigenvalue weighted by Gasteiger charge is 2.15. The summed E-state index contributed by atoms with van der Waals surface area (Å²) >= 11 is 0. The molecule has 1 aromatic heterocycles. The maximum Gasteiger partial charge on any atom is 0.362 e. The molecule has 0 saturated carbocycles. The highest BCUT2D eigenvalue weighted by molar-refractivity contribution is 5.86. The minimum Gasteiger partial charge on any atom is -0.464 e. The summed E-state index contributed by atoms with van der Waals surface area (Å²) in [6.45, 7) is 1.70. The van der Waals surface area contributed by atoms with Crippen molar-refractivity contribution in [1.29, 1.82) is 0 Å². The van der Waals surface area contributed by atoms with Crippen LogP contribution in [0.2, 0.25) is 0 Å². The Morgan fingerprint density at radius 1 is 1.37 bits per heavy atom. The minimum absolute atomic E-state index is 0.188. The van der Waals surface area contributed by atoms with Crippen LogP contribution in [0.5, 0.6) is 0 Å². The molecule has 0 atom stereocenters. The van der Waals surface area contributed by atoms with E-state index in [9.17, 15) is 14.0 Å². The minimum atomic E-state index is -0.853. The molecule has 1 aromatic carbocycles. The van der Waals surface area contributed by atoms with Gasteiger partial charge in [0.05, 0.1) is 7.11 Å². The molecule has 0 amide bonds. The van der Waals surface area contributed by atoms with Crippen LogP contribution in [-0.4, -0.2) is 22.9 Å². The Morgan fingerprint density at radius 2 is 2.11 bits per heavy atom. The highest BCUT2D eigenvalue weighted by atomic mass is 19.1. The molecule has 2 aromatic rings. The number of halogens is 1. The molecule has 0 bridgehead atoms. The van der Waals surface area contributed by atoms with Gasteiger partial charge in [-0.25, -0.2) is 13.9 Å². The Morgan fingerprint density at radius 3 is 2.74 bits per heavy atom. The van der Waals surface area contributed by atoms with Crippen LogP contribution < -0.4 is 5.43 Å². The van der Waals surface area contributed by atoms with Gasteiger partial charge in [0, 0.05) is 12.3 Å². The van der Waals surface area contributed by atoms with Gasteiger partial charge < -0.3 is 4.74 Å². The summed E-state index contributed by atoms with van der Waals surface area (Å²) in [4.78, 5) is 22.9. The Kier molecular flexibility index (Phi) is 3.41. The smallest absolute Gasteiger partial charge is 0.362 e. The van der Waals surface area contributed by atoms with E-state index in [0.717, 1.165) is 17.9 Å². The zero-order valence-corrected chi connectivity index (χ0v) is 10.4. The molecule has 0 aliphatic rings. The molecule has 6 heteroatoms. The molecule has 19 heavy (non-hydrogen) atoms. The molecule has 0 aliphatic carbocycles. The number of hydrogen-bond acceptors (Lipinski definition) is 4. The van der Waals surface area contributed by atoms with E-state index in [1.807, 2.05) is 0 Å². The number of nitrogens with zero attached hydrogens (tertiary/aromatic N) is 2. The molecule has 0 aliphatic heterocycles. The van der Waals surface area contributed by atoms with Crippen molar-refractivity contribution in [2.45, 2.75) is 6.92 Å². The van der Waals surface area contributed by atoms with Crippen molar-refractivity contribution >= 4 is 5.97 Å². The molecule has 0 unspecified atom stereocenters. The van der Waals surface area contributed by atoms with E-state index < -0.39 is 17.2 Å². The lowest BCUT2D eigenvalue weighted by Gasteiger charge is -2.10. The van der Waals surface area contributed by atoms with E-state index in [-0.39, 0.29) is 11.4 Å². The molecule has 2 rings (SSSR count). The average Bonchev–Trinajstić information content (AvgIpc) is 2.39. The monoisotopic (exact) mass is 262 g/mol. The maximum absolute atomic E-state index is 13.8. The maximum atomic E-state index is 13.8. The van der Waals surface area contributed by atoms with Crippen LogP contribution in [0, 0.1) is 12.7 Å². The number of ether oxygens (including phenoxy) is 1. The quantitative estimate of drug-likeness (QED) is 0.769. The van der Waals surface area contributed by atoms with Crippen molar-refractivity contribution in [1.82, 2.24) is 9.78 Å². The van der Waals surface area contributed by atoms with Gasteiger partial charge in [-0.3, -0.25) is 4.79 Å². The molecule has 0 radical (unpaired) electrons. The van der Waals surface area contributed by atoms with Crippen LogP contribution in [0.4, 0.5) is 4.39 Å². The van der Waals surface area contributed by atoms with Gasteiger partial charge in [0.1, 0.15) is 11.5 Å². The van der Waals surface area contributed by atoms with Crippen LogP contribution in [-0.2, 0) is 4.74 Å². The number of benzene rings is 1. The average molecular weight is 262 g/mol. The summed E-state index contributed by atoms with van der Waals surface area (Å²) in [6.07, 6.45) is 1.31. The normalized spacial score (nSPS) is 10.3. The van der Waals surface area contributed by atoms with Gasteiger partial charge in [0.2, 0.25) is 11.1 Å². The summed E-state index contributed by atoms with van der Waals surface area (Å²) in [6, 6.07) is 5.69. The Hall–Kier alpha value is -2.50. The number of aromatic nitrogens is 2. The Bertz CT molecular complexity index is 674. The van der Waals surface area contributed by atoms with Gasteiger partial charge in [-0.1, -0.05) is 12.1 Å². The third-order valence-electron chi connectivity index (χ3n) is 2.60. The fourth-order valence-electron chi connectivity index (χ4n) is 1.68. The molecular formula is C13H11FN2O3. The molecule has 0 fully saturated rings. The number of methoxy groups -OCH3 is 1. The van der Waals surface area contributed by atoms with Gasteiger partial charge in [0.15, 0.2) is 0 Å². The van der Waals surface area contributed by atoms with Gasteiger partial charge in [-0.05, 0) is 18.6 Å². The van der Waals surface area contributed by atoms with Gasteiger partial charge in [0.25, 0.3) is 0 Å². The van der Waals surface area contributed by atoms with E-state index in [1.165, 1.54) is 12.3 Å². The first kappa shape index (κ1) is 12.9. The number of esters is 1. The highest BCUT2D eigenvalue weighted by Crippen LogP contribution is 2.16. The van der Waals surface area contributed by atoms with E-state index in [0.29, 0.717) is 5.56 Å². The molecule has 5 nitrogen and oxygen atoms in total. The van der Waals surface area contributed by atoms with E-state index in [2.05, 4.69) is 9.84 Å². The first-order chi connectivity index (χ1) is 9.04. The van der Waals surface area contributed by atoms with Crippen LogP contribution >= 0.6 is 0 Å². The van der Waals surface area contributed by atoms with Crippen LogP contribution in [0.1, 0.15) is 16.1 Å². The van der Waals surface area contributed by atoms with E-state index in [4.69, 9.17) is 0 Å². The third kappa shape index (κ3) is 2.37. The van der Waals surface area contributed by atoms with Crippen molar-refractivity contribution < 1.29 is 13.9 Å². The lowest BCUT2D eigenvalue weighted by molar-refractivity contribution is 0.0590. The Balaban J connectivity index is 2.65. The Labute approximate surface area is 108 Å². The molecule has 0 N–H and O–H groups in total. The van der Waals surface area contributed by atoms with Gasteiger partial charge >= 0.3 is 5.97 Å². The fraction of sp³-hybridized carbons (Fsp3) is 0.154. The molecule has 98 valence electrons. The summed E-state index contributed by atoms with van der Waals surface area (Å²) in [5.41, 5.74) is -0.135. The summed E-state index contributed by atoms with van der Waals surface area (Å²) in [7, 11) is 1.15. The van der Waals surface area contributed by atoms with Crippen molar-refractivity contribution in [3.05, 3.63) is 57.8 Å². The summed E-state index contributed by atoms with van der Waals surface area (Å²) < 4.78 is 19.4. The molecular weight excluding hydrogens is 251 g/mol. The largest absolute Gasteiger partial charge is 0.464 e. The first-order valence-corrected chi connectivity index (χ1v) is 5.48. The summed E-state index contributed by atoms with van der Waals surface area (Å²) in [5.74, 6) is -1.35. The standard InChI is InChI=1S/C13H11FN2O3/c1-8-4-3-5-9(14)12(8)16-7-6-10(17)11(15-16)13(18)19-2/h3-7H,1-2H3. The second kappa shape index (κ2) is 5.01. The van der Waals surface area contributed by atoms with Crippen molar-refractivity contribution in [3.63, 3.8) is 0 Å². The number of carbonyl (C=O) groups is 1. The third-order valence-corrected chi connectivity index (χ3v) is 2.60. The number of hydrogen-bond donors (Lipinski definition) is 0. The van der Waals surface area contributed by atoms with Crippen molar-refractivity contribution in [2.24, 2.45) is 0 Å². The van der Waals surface area contributed by atoms with Gasteiger partial charge in [-0.15, -0.1) is 0 Å². The SMILES string of the molecule is COC(=O)c1nn(-c2c(C)cccc2F)ccc1=O. The predicted molar refractivity (Wildman–Crippen MR) is 65.9 cm³/mol. The van der Waals surface area contributed by atoms with Crippen LogP contribution in [0.3, 0.4) is 0 Å². The van der Waals surface area contributed by atoms with Gasteiger partial charge in [-0.2, -0.15) is 5.10 Å². The second-order valence-corrected chi connectivity index (χ2v) is 3.87. The molecule has 0 spiro atoms. The van der Waals surface area contributed by atoms with Crippen molar-refractivity contribution in [2.75, 3.05) is 7.11 Å². The number of para-hydroxylation sites is 1. The fourth-order valence-corrected chi connectivity index (χ4v) is 1.68. The zero-order valence-electron chi connectivity index (χ0n) is 10.4. The molecule has 0 saturated heterocycles. The lowest BCUT2D eigenvalue weighted by Crippen LogP contribution is -2.22. The van der Waals surface area contributed by atoms with Crippen molar-refractivity contribution in [3.8, 4) is 5.69 Å². The summed E-state index contributed by atoms with van der Waals surface area (Å²) in [5, 5.41) is 3.82. The van der Waals surface area contributed by atoms with Crippen LogP contribution in [0.25, 0.3) is 5.69 Å².